The number of aromatic nitrogens is 2. The van der Waals surface area contributed by atoms with E-state index in [1.165, 1.54) is 12.4 Å². The molecular formula is C7H6N4O. The molecule has 12 heavy (non-hydrogen) atoms. The molecule has 0 saturated heterocycles. The molecule has 0 spiro atoms. The van der Waals surface area contributed by atoms with Gasteiger partial charge in [0.1, 0.15) is 11.5 Å². The zero-order chi connectivity index (χ0) is 8.97. The number of anilines is 1. The van der Waals surface area contributed by atoms with Gasteiger partial charge < -0.3 is 11.5 Å². The summed E-state index contributed by atoms with van der Waals surface area (Å²) in [6.07, 6.45) is 2.72. The Kier molecular flexibility index (Phi) is 2.23. The number of hydrogen-bond acceptors (Lipinski definition) is 4. The van der Waals surface area contributed by atoms with Crippen molar-refractivity contribution < 1.29 is 4.79 Å². The first-order valence-electron chi connectivity index (χ1n) is 3.07. The second-order valence-corrected chi connectivity index (χ2v) is 1.94. The summed E-state index contributed by atoms with van der Waals surface area (Å²) in [4.78, 5) is 17.7. The molecule has 0 aliphatic rings. The fraction of sp³-hybridized carbons (Fsp3) is 0. The van der Waals surface area contributed by atoms with E-state index in [0.717, 1.165) is 0 Å². The van der Waals surface area contributed by atoms with Gasteiger partial charge in [-0.25, -0.2) is 9.97 Å². The molecule has 1 aromatic heterocycles. The summed E-state index contributed by atoms with van der Waals surface area (Å²) in [7, 11) is 0. The zero-order valence-corrected chi connectivity index (χ0v) is 6.11. The highest BCUT2D eigenvalue weighted by atomic mass is 16.1. The molecule has 1 aromatic rings. The van der Waals surface area contributed by atoms with Crippen LogP contribution in [-0.4, -0.2) is 15.9 Å². The van der Waals surface area contributed by atoms with Crippen LogP contribution in [0, 0.1) is 11.8 Å². The van der Waals surface area contributed by atoms with E-state index in [-0.39, 0.29) is 0 Å². The van der Waals surface area contributed by atoms with Gasteiger partial charge >= 0.3 is 0 Å². The Balaban J connectivity index is 2.86. The molecule has 0 saturated carbocycles. The monoisotopic (exact) mass is 162 g/mol. The Morgan fingerprint density at radius 3 is 2.67 bits per heavy atom. The van der Waals surface area contributed by atoms with Crippen LogP contribution < -0.4 is 11.5 Å². The van der Waals surface area contributed by atoms with E-state index in [2.05, 4.69) is 21.8 Å². The number of carbonyl (C=O) groups is 1. The molecule has 0 unspecified atom stereocenters. The van der Waals surface area contributed by atoms with Crippen LogP contribution in [-0.2, 0) is 4.79 Å². The fourth-order valence-corrected chi connectivity index (χ4v) is 0.528. The average Bonchev–Trinajstić information content (AvgIpc) is 2.03. The number of primary amides is 1. The molecule has 4 N–H and O–H groups in total. The molecule has 0 radical (unpaired) electrons. The third kappa shape index (κ3) is 2.27. The summed E-state index contributed by atoms with van der Waals surface area (Å²) in [6, 6.07) is 0. The predicted octanol–water partition coefficient (Wildman–Crippen LogP) is -1.10. The molecule has 0 aliphatic heterocycles. The second kappa shape index (κ2) is 3.34. The van der Waals surface area contributed by atoms with Crippen molar-refractivity contribution in [1.29, 1.82) is 0 Å². The molecule has 1 amide bonds. The Bertz CT molecular complexity index is 346. The minimum Gasteiger partial charge on any atom is -0.382 e. The van der Waals surface area contributed by atoms with Crippen LogP contribution in [0.25, 0.3) is 0 Å². The first-order chi connectivity index (χ1) is 5.68. The van der Waals surface area contributed by atoms with E-state index in [9.17, 15) is 4.79 Å². The van der Waals surface area contributed by atoms with Gasteiger partial charge in [-0.3, -0.25) is 4.79 Å². The van der Waals surface area contributed by atoms with Crippen LogP contribution in [0.5, 0.6) is 0 Å². The van der Waals surface area contributed by atoms with Crippen molar-refractivity contribution in [3.63, 3.8) is 0 Å². The van der Waals surface area contributed by atoms with Gasteiger partial charge in [-0.05, 0) is 5.92 Å². The Morgan fingerprint density at radius 2 is 2.17 bits per heavy atom. The fourth-order valence-electron chi connectivity index (χ4n) is 0.528. The van der Waals surface area contributed by atoms with Gasteiger partial charge in [-0.15, -0.1) is 0 Å². The van der Waals surface area contributed by atoms with Crippen molar-refractivity contribution in [3.8, 4) is 11.8 Å². The van der Waals surface area contributed by atoms with Gasteiger partial charge in [0.25, 0.3) is 5.91 Å². The summed E-state index contributed by atoms with van der Waals surface area (Å²) < 4.78 is 0. The lowest BCUT2D eigenvalue weighted by Crippen LogP contribution is -2.06. The molecule has 1 rings (SSSR count). The van der Waals surface area contributed by atoms with Crippen LogP contribution in [0.3, 0.4) is 0 Å². The lowest BCUT2D eigenvalue weighted by molar-refractivity contribution is -0.112. The maximum atomic E-state index is 10.2. The Morgan fingerprint density at radius 1 is 1.42 bits per heavy atom. The molecule has 1 heterocycles. The Labute approximate surface area is 68.8 Å². The molecule has 0 aliphatic carbocycles. The highest BCUT2D eigenvalue weighted by Gasteiger charge is 1.89. The van der Waals surface area contributed by atoms with Crippen LogP contribution in [0.2, 0.25) is 0 Å². The summed E-state index contributed by atoms with van der Waals surface area (Å²) >= 11 is 0. The van der Waals surface area contributed by atoms with Crippen molar-refractivity contribution in [3.05, 3.63) is 18.1 Å². The molecule has 0 aromatic carbocycles. The molecule has 5 nitrogen and oxygen atoms in total. The summed E-state index contributed by atoms with van der Waals surface area (Å²) in [5.41, 5.74) is 10.4. The highest BCUT2D eigenvalue weighted by molar-refractivity contribution is 5.92. The highest BCUT2D eigenvalue weighted by Crippen LogP contribution is 1.92. The van der Waals surface area contributed by atoms with Crippen molar-refractivity contribution in [2.24, 2.45) is 5.73 Å². The number of nitrogens with zero attached hydrogens (tertiary/aromatic N) is 2. The van der Waals surface area contributed by atoms with E-state index >= 15 is 0 Å². The average molecular weight is 162 g/mol. The lowest BCUT2D eigenvalue weighted by Gasteiger charge is -1.89. The maximum Gasteiger partial charge on any atom is 0.293 e. The van der Waals surface area contributed by atoms with E-state index in [0.29, 0.717) is 11.5 Å². The first-order valence-corrected chi connectivity index (χ1v) is 3.07. The number of nitrogen functional groups attached to an aromatic ring is 1. The largest absolute Gasteiger partial charge is 0.382 e. The maximum absolute atomic E-state index is 10.2. The third-order valence-electron chi connectivity index (χ3n) is 0.986. The van der Waals surface area contributed by atoms with E-state index in [1.807, 2.05) is 0 Å². The van der Waals surface area contributed by atoms with Gasteiger partial charge in [0, 0.05) is 5.92 Å². The van der Waals surface area contributed by atoms with Gasteiger partial charge in [0.2, 0.25) is 0 Å². The molecule has 0 atom stereocenters. The lowest BCUT2D eigenvalue weighted by atomic mass is 10.4. The number of amides is 1. The van der Waals surface area contributed by atoms with E-state index in [1.54, 1.807) is 0 Å². The van der Waals surface area contributed by atoms with E-state index < -0.39 is 5.91 Å². The summed E-state index contributed by atoms with van der Waals surface area (Å²) in [5.74, 6) is 4.15. The van der Waals surface area contributed by atoms with Crippen LogP contribution in [0.15, 0.2) is 12.4 Å². The Hall–Kier alpha value is -2.09. The van der Waals surface area contributed by atoms with Crippen molar-refractivity contribution >= 4 is 11.7 Å². The minimum absolute atomic E-state index is 0.305. The predicted molar refractivity (Wildman–Crippen MR) is 42.5 cm³/mol. The number of hydrogen-bond donors (Lipinski definition) is 2. The quantitative estimate of drug-likeness (QED) is 0.473. The number of rotatable bonds is 0. The zero-order valence-electron chi connectivity index (χ0n) is 6.11. The van der Waals surface area contributed by atoms with E-state index in [4.69, 9.17) is 11.5 Å². The molecule has 0 bridgehead atoms. The van der Waals surface area contributed by atoms with Crippen molar-refractivity contribution in [2.45, 2.75) is 0 Å². The molecule has 5 heteroatoms. The normalized spacial score (nSPS) is 8.33. The van der Waals surface area contributed by atoms with Crippen molar-refractivity contribution in [2.75, 3.05) is 5.73 Å². The van der Waals surface area contributed by atoms with Gasteiger partial charge in [-0.1, -0.05) is 0 Å². The van der Waals surface area contributed by atoms with Gasteiger partial charge in [-0.2, -0.15) is 0 Å². The summed E-state index contributed by atoms with van der Waals surface area (Å²) in [5, 5.41) is 0. The topological polar surface area (TPSA) is 94.9 Å². The molecule has 60 valence electrons. The first kappa shape index (κ1) is 8.01. The van der Waals surface area contributed by atoms with Crippen molar-refractivity contribution in [1.82, 2.24) is 9.97 Å². The summed E-state index contributed by atoms with van der Waals surface area (Å²) in [6.45, 7) is 0. The smallest absolute Gasteiger partial charge is 0.293 e. The van der Waals surface area contributed by atoms with Crippen LogP contribution in [0.4, 0.5) is 5.82 Å². The van der Waals surface area contributed by atoms with Gasteiger partial charge in [0.15, 0.2) is 0 Å². The SMILES string of the molecule is NC(=O)C#Cc1cnc(N)cn1. The minimum atomic E-state index is -0.700. The van der Waals surface area contributed by atoms with Crippen LogP contribution in [0.1, 0.15) is 5.69 Å². The second-order valence-electron chi connectivity index (χ2n) is 1.94. The number of carbonyl (C=O) groups excluding carboxylic acids is 1. The molecule has 0 fully saturated rings. The van der Waals surface area contributed by atoms with Crippen LogP contribution >= 0.6 is 0 Å². The third-order valence-corrected chi connectivity index (χ3v) is 0.986. The van der Waals surface area contributed by atoms with Gasteiger partial charge in [0.05, 0.1) is 12.4 Å². The standard InChI is InChI=1S/C7H6N4O/c8-6-4-10-5(3-11-6)1-2-7(9)12/h3-4H,(H2,8,11)(H2,9,12). The molecular weight excluding hydrogens is 156 g/mol. The number of nitrogens with two attached hydrogens (primary N) is 2.